The fraction of sp³-hybridized carbons (Fsp3) is 0.118. The molecule has 0 saturated heterocycles. The fourth-order valence-electron chi connectivity index (χ4n) is 2.14. The van der Waals surface area contributed by atoms with E-state index in [-0.39, 0.29) is 21.4 Å². The van der Waals surface area contributed by atoms with Gasteiger partial charge >= 0.3 is 5.97 Å². The molecule has 3 rings (SSSR count). The van der Waals surface area contributed by atoms with Gasteiger partial charge in [-0.05, 0) is 55.5 Å². The topological polar surface area (TPSA) is 98.2 Å². The Labute approximate surface area is 164 Å². The predicted octanol–water partition coefficient (Wildman–Crippen LogP) is 3.94. The first-order valence-corrected chi connectivity index (χ1v) is 10.5. The highest BCUT2D eigenvalue weighted by Crippen LogP contribution is 2.26. The Bertz CT molecular complexity index is 1050. The van der Waals surface area contributed by atoms with Crippen molar-refractivity contribution in [3.05, 3.63) is 58.6 Å². The van der Waals surface area contributed by atoms with Crippen molar-refractivity contribution >= 4 is 49.6 Å². The van der Waals surface area contributed by atoms with Crippen LogP contribution >= 0.6 is 22.9 Å². The van der Waals surface area contributed by atoms with Crippen molar-refractivity contribution in [2.75, 3.05) is 11.9 Å². The summed E-state index contributed by atoms with van der Waals surface area (Å²) in [6, 6.07) is 12.2. The lowest BCUT2D eigenvalue weighted by Crippen LogP contribution is -2.03. The van der Waals surface area contributed by atoms with Crippen molar-refractivity contribution in [2.24, 2.45) is 0 Å². The summed E-state index contributed by atoms with van der Waals surface area (Å²) in [4.78, 5) is 11.9. The van der Waals surface area contributed by atoms with Gasteiger partial charge in [0.15, 0.2) is 0 Å². The minimum atomic E-state index is -3.63. The largest absolute Gasteiger partial charge is 0.461 e. The van der Waals surface area contributed by atoms with E-state index in [1.807, 2.05) is 0 Å². The van der Waals surface area contributed by atoms with Gasteiger partial charge in [-0.2, -0.15) is 0 Å². The Morgan fingerprint density at radius 2 is 1.67 bits per heavy atom. The number of halogens is 1. The Hall–Kier alpha value is -2.49. The zero-order valence-electron chi connectivity index (χ0n) is 14.0. The zero-order chi connectivity index (χ0) is 19.4. The molecule has 0 saturated carbocycles. The van der Waals surface area contributed by atoms with Crippen LogP contribution in [0, 0.1) is 0 Å². The molecule has 0 fully saturated rings. The van der Waals surface area contributed by atoms with E-state index in [4.69, 9.17) is 16.3 Å². The molecule has 0 atom stereocenters. The molecule has 0 unspecified atom stereocenters. The molecule has 0 aliphatic carbocycles. The number of ether oxygens (including phenoxy) is 1. The van der Waals surface area contributed by atoms with Crippen LogP contribution in [-0.2, 0) is 14.6 Å². The van der Waals surface area contributed by atoms with Crippen molar-refractivity contribution in [3.8, 4) is 0 Å². The summed E-state index contributed by atoms with van der Waals surface area (Å²) in [6.07, 6.45) is 0. The fourth-order valence-corrected chi connectivity index (χ4v) is 4.18. The normalized spacial score (nSPS) is 11.2. The van der Waals surface area contributed by atoms with Crippen LogP contribution < -0.4 is 5.32 Å². The van der Waals surface area contributed by atoms with E-state index in [9.17, 15) is 13.2 Å². The number of rotatable bonds is 6. The van der Waals surface area contributed by atoms with E-state index in [2.05, 4.69) is 15.5 Å². The highest BCUT2D eigenvalue weighted by molar-refractivity contribution is 7.91. The van der Waals surface area contributed by atoms with Gasteiger partial charge < -0.3 is 10.1 Å². The number of carbonyl (C=O) groups is 1. The van der Waals surface area contributed by atoms with E-state index >= 15 is 0 Å². The van der Waals surface area contributed by atoms with Gasteiger partial charge in [0.2, 0.25) is 20.0 Å². The molecule has 2 aromatic carbocycles. The number of benzene rings is 2. The van der Waals surface area contributed by atoms with Crippen molar-refractivity contribution < 1.29 is 17.9 Å². The van der Waals surface area contributed by atoms with Gasteiger partial charge in [0, 0.05) is 10.7 Å². The van der Waals surface area contributed by atoms with Gasteiger partial charge in [-0.1, -0.05) is 22.9 Å². The smallest absolute Gasteiger partial charge is 0.369 e. The van der Waals surface area contributed by atoms with E-state index in [0.29, 0.717) is 15.8 Å². The lowest BCUT2D eigenvalue weighted by atomic mass is 10.3. The number of esters is 1. The van der Waals surface area contributed by atoms with Crippen molar-refractivity contribution in [1.29, 1.82) is 0 Å². The van der Waals surface area contributed by atoms with Gasteiger partial charge in [-0.25, -0.2) is 13.2 Å². The number of nitrogens with one attached hydrogen (secondary N) is 1. The Morgan fingerprint density at radius 3 is 2.26 bits per heavy atom. The van der Waals surface area contributed by atoms with Crippen LogP contribution in [0.1, 0.15) is 16.7 Å². The van der Waals surface area contributed by atoms with Crippen LogP contribution in [0.5, 0.6) is 0 Å². The van der Waals surface area contributed by atoms with E-state index in [1.165, 1.54) is 36.4 Å². The minimum Gasteiger partial charge on any atom is -0.461 e. The predicted molar refractivity (Wildman–Crippen MR) is 102 cm³/mol. The van der Waals surface area contributed by atoms with Crippen LogP contribution in [0.4, 0.5) is 10.8 Å². The highest BCUT2D eigenvalue weighted by Gasteiger charge is 2.18. The van der Waals surface area contributed by atoms with Crippen molar-refractivity contribution in [2.45, 2.75) is 16.7 Å². The number of carbonyl (C=O) groups excluding carboxylic acids is 1. The average Bonchev–Trinajstić information content (AvgIpc) is 3.11. The molecule has 0 aliphatic heterocycles. The Morgan fingerprint density at radius 1 is 1.07 bits per heavy atom. The molecule has 0 spiro atoms. The highest BCUT2D eigenvalue weighted by atomic mass is 35.5. The average molecular weight is 424 g/mol. The Balaban J connectivity index is 1.76. The molecule has 3 aromatic rings. The number of nitrogens with zero attached hydrogens (tertiary/aromatic N) is 2. The second-order valence-electron chi connectivity index (χ2n) is 5.24. The summed E-state index contributed by atoms with van der Waals surface area (Å²) in [5.74, 6) is -0.535. The monoisotopic (exact) mass is 423 g/mol. The first-order chi connectivity index (χ1) is 12.9. The van der Waals surface area contributed by atoms with Gasteiger partial charge in [0.1, 0.15) is 0 Å². The summed E-state index contributed by atoms with van der Waals surface area (Å²) >= 11 is 6.85. The van der Waals surface area contributed by atoms with Crippen molar-refractivity contribution in [1.82, 2.24) is 10.2 Å². The first kappa shape index (κ1) is 19.3. The summed E-state index contributed by atoms with van der Waals surface area (Å²) in [6.45, 7) is 1.96. The molecule has 0 bridgehead atoms. The number of hydrogen-bond donors (Lipinski definition) is 1. The van der Waals surface area contributed by atoms with Crippen LogP contribution in [-0.4, -0.2) is 31.2 Å². The SMILES string of the molecule is CCOC(=O)c1nnc(Nc2ccc(S(=O)(=O)c3ccc(Cl)cc3)cc2)s1. The van der Waals surface area contributed by atoms with Gasteiger partial charge in [-0.3, -0.25) is 0 Å². The molecule has 1 heterocycles. The lowest BCUT2D eigenvalue weighted by molar-refractivity contribution is 0.0525. The number of aromatic nitrogens is 2. The van der Waals surface area contributed by atoms with Gasteiger partial charge in [-0.15, -0.1) is 10.2 Å². The molecule has 0 radical (unpaired) electrons. The third-order valence-corrected chi connectivity index (χ3v) is 6.27. The molecule has 27 heavy (non-hydrogen) atoms. The molecule has 0 aliphatic rings. The van der Waals surface area contributed by atoms with Gasteiger partial charge in [0.05, 0.1) is 16.4 Å². The number of sulfone groups is 1. The van der Waals surface area contributed by atoms with Crippen LogP contribution in [0.2, 0.25) is 5.02 Å². The maximum absolute atomic E-state index is 12.6. The number of anilines is 2. The standard InChI is InChI=1S/C17H14ClN3O4S2/c1-2-25-16(22)15-20-21-17(26-15)19-12-5-9-14(10-6-12)27(23,24)13-7-3-11(18)4-8-13/h3-10H,2H2,1H3,(H,19,21). The first-order valence-electron chi connectivity index (χ1n) is 7.78. The summed E-state index contributed by atoms with van der Waals surface area (Å²) in [7, 11) is -3.63. The second-order valence-corrected chi connectivity index (χ2v) is 8.60. The third-order valence-electron chi connectivity index (χ3n) is 3.41. The molecular weight excluding hydrogens is 410 g/mol. The molecule has 140 valence electrons. The Kier molecular flexibility index (Phi) is 5.73. The maximum Gasteiger partial charge on any atom is 0.369 e. The van der Waals surface area contributed by atoms with E-state index < -0.39 is 15.8 Å². The minimum absolute atomic E-state index is 0.140. The number of hydrogen-bond acceptors (Lipinski definition) is 8. The lowest BCUT2D eigenvalue weighted by Gasteiger charge is -2.06. The quantitative estimate of drug-likeness (QED) is 0.599. The molecular formula is C17H14ClN3O4S2. The van der Waals surface area contributed by atoms with Crippen LogP contribution in [0.3, 0.4) is 0 Å². The summed E-state index contributed by atoms with van der Waals surface area (Å²) in [5.41, 5.74) is 0.608. The van der Waals surface area contributed by atoms with E-state index in [1.54, 1.807) is 19.1 Å². The maximum atomic E-state index is 12.6. The van der Waals surface area contributed by atoms with E-state index in [0.717, 1.165) is 11.3 Å². The molecule has 1 N–H and O–H groups in total. The zero-order valence-corrected chi connectivity index (χ0v) is 16.4. The molecule has 0 amide bonds. The summed E-state index contributed by atoms with van der Waals surface area (Å²) in [5, 5.41) is 11.6. The van der Waals surface area contributed by atoms with Crippen LogP contribution in [0.15, 0.2) is 58.3 Å². The van der Waals surface area contributed by atoms with Crippen molar-refractivity contribution in [3.63, 3.8) is 0 Å². The third kappa shape index (κ3) is 4.44. The van der Waals surface area contributed by atoms with Gasteiger partial charge in [0.25, 0.3) is 0 Å². The van der Waals surface area contributed by atoms with Crippen LogP contribution in [0.25, 0.3) is 0 Å². The second kappa shape index (κ2) is 8.03. The molecule has 7 nitrogen and oxygen atoms in total. The summed E-state index contributed by atoms with van der Waals surface area (Å²) < 4.78 is 30.1. The molecule has 10 heteroatoms. The molecule has 1 aromatic heterocycles.